The van der Waals surface area contributed by atoms with Crippen molar-refractivity contribution in [2.75, 3.05) is 23.9 Å². The molecule has 1 aromatic heterocycles. The number of hydrogen-bond donors (Lipinski definition) is 1. The molecule has 1 atom stereocenters. The van der Waals surface area contributed by atoms with Gasteiger partial charge in [-0.15, -0.1) is 0 Å². The molecule has 4 rings (SSSR count). The molecule has 1 N–H and O–H groups in total. The van der Waals surface area contributed by atoms with Crippen molar-refractivity contribution in [1.82, 2.24) is 4.98 Å². The normalized spacial score (nSPS) is 15.5. The highest BCUT2D eigenvalue weighted by atomic mass is 35.5. The van der Waals surface area contributed by atoms with Gasteiger partial charge in [0.15, 0.2) is 11.5 Å². The molecule has 0 saturated carbocycles. The Labute approximate surface area is 190 Å². The van der Waals surface area contributed by atoms with Crippen molar-refractivity contribution in [3.05, 3.63) is 77.6 Å². The number of halogens is 1. The monoisotopic (exact) mass is 451 g/mol. The van der Waals surface area contributed by atoms with Gasteiger partial charge in [0.2, 0.25) is 11.8 Å². The second-order valence-corrected chi connectivity index (χ2v) is 7.82. The molecule has 1 aliphatic heterocycles. The highest BCUT2D eigenvalue weighted by Gasteiger charge is 2.35. The van der Waals surface area contributed by atoms with Crippen LogP contribution in [0.15, 0.2) is 67.0 Å². The predicted octanol–water partition coefficient (Wildman–Crippen LogP) is 4.31. The smallest absolute Gasteiger partial charge is 0.229 e. The number of rotatable bonds is 7. The van der Waals surface area contributed by atoms with Crippen LogP contribution in [0.5, 0.6) is 11.5 Å². The van der Waals surface area contributed by atoms with E-state index in [0.717, 1.165) is 5.56 Å². The third-order valence-corrected chi connectivity index (χ3v) is 5.43. The van der Waals surface area contributed by atoms with Crippen LogP contribution in [0.3, 0.4) is 0 Å². The van der Waals surface area contributed by atoms with Crippen LogP contribution in [-0.2, 0) is 16.2 Å². The molecule has 0 aliphatic carbocycles. The highest BCUT2D eigenvalue weighted by Crippen LogP contribution is 2.32. The minimum Gasteiger partial charge on any atom is -0.493 e. The van der Waals surface area contributed by atoms with E-state index in [9.17, 15) is 9.59 Å². The molecule has 2 amide bonds. The van der Waals surface area contributed by atoms with Crippen LogP contribution >= 0.6 is 11.6 Å². The van der Waals surface area contributed by atoms with E-state index in [4.69, 9.17) is 21.1 Å². The zero-order chi connectivity index (χ0) is 22.5. The SMILES string of the molecule is COc1ccc(NC(=O)C2CC(=O)N(c3cccc(Cl)c3)C2)cc1OCc1ccncc1. The number of aromatic nitrogens is 1. The largest absolute Gasteiger partial charge is 0.493 e. The minimum absolute atomic E-state index is 0.108. The van der Waals surface area contributed by atoms with Crippen LogP contribution < -0.4 is 19.7 Å². The molecule has 8 heteroatoms. The molecule has 0 spiro atoms. The Hall–Kier alpha value is -3.58. The molecule has 2 aromatic carbocycles. The number of pyridine rings is 1. The van der Waals surface area contributed by atoms with Gasteiger partial charge in [0, 0.05) is 47.8 Å². The summed E-state index contributed by atoms with van der Waals surface area (Å²) < 4.78 is 11.3. The number of nitrogens with one attached hydrogen (secondary N) is 1. The first kappa shape index (κ1) is 21.6. The summed E-state index contributed by atoms with van der Waals surface area (Å²) >= 11 is 6.04. The van der Waals surface area contributed by atoms with Gasteiger partial charge in [-0.2, -0.15) is 0 Å². The molecule has 32 heavy (non-hydrogen) atoms. The quantitative estimate of drug-likeness (QED) is 0.578. The Kier molecular flexibility index (Phi) is 6.56. The van der Waals surface area contributed by atoms with Gasteiger partial charge in [0.25, 0.3) is 0 Å². The molecule has 7 nitrogen and oxygen atoms in total. The lowest BCUT2D eigenvalue weighted by molar-refractivity contribution is -0.122. The van der Waals surface area contributed by atoms with E-state index < -0.39 is 5.92 Å². The number of ether oxygens (including phenoxy) is 2. The van der Waals surface area contributed by atoms with Gasteiger partial charge in [0.05, 0.1) is 13.0 Å². The lowest BCUT2D eigenvalue weighted by Crippen LogP contribution is -2.28. The first-order valence-electron chi connectivity index (χ1n) is 10.1. The van der Waals surface area contributed by atoms with E-state index in [2.05, 4.69) is 10.3 Å². The fourth-order valence-electron chi connectivity index (χ4n) is 3.53. The number of anilines is 2. The average Bonchev–Trinajstić information content (AvgIpc) is 3.20. The first-order valence-corrected chi connectivity index (χ1v) is 10.5. The van der Waals surface area contributed by atoms with E-state index in [1.54, 1.807) is 66.9 Å². The number of nitrogens with zero attached hydrogens (tertiary/aromatic N) is 2. The van der Waals surface area contributed by atoms with Crippen molar-refractivity contribution in [3.63, 3.8) is 0 Å². The number of amides is 2. The van der Waals surface area contributed by atoms with Crippen molar-refractivity contribution in [3.8, 4) is 11.5 Å². The molecule has 164 valence electrons. The lowest BCUT2D eigenvalue weighted by Gasteiger charge is -2.17. The Morgan fingerprint density at radius 3 is 2.72 bits per heavy atom. The zero-order valence-electron chi connectivity index (χ0n) is 17.5. The van der Waals surface area contributed by atoms with Crippen LogP contribution in [0, 0.1) is 5.92 Å². The van der Waals surface area contributed by atoms with Crippen LogP contribution in [0.25, 0.3) is 0 Å². The molecule has 3 aromatic rings. The standard InChI is InChI=1S/C24H22ClN3O4/c1-31-21-6-5-19(13-22(21)32-15-16-7-9-26-10-8-16)27-24(30)17-11-23(29)28(14-17)20-4-2-3-18(25)12-20/h2-10,12-13,17H,11,14-15H2,1H3,(H,27,30). The van der Waals surface area contributed by atoms with E-state index in [1.165, 1.54) is 0 Å². The third kappa shape index (κ3) is 5.00. The van der Waals surface area contributed by atoms with Gasteiger partial charge in [-0.05, 0) is 48.0 Å². The lowest BCUT2D eigenvalue weighted by atomic mass is 10.1. The number of hydrogen-bond acceptors (Lipinski definition) is 5. The fraction of sp³-hybridized carbons (Fsp3) is 0.208. The first-order chi connectivity index (χ1) is 15.5. The molecule has 2 heterocycles. The van der Waals surface area contributed by atoms with Gasteiger partial charge in [-0.3, -0.25) is 14.6 Å². The van der Waals surface area contributed by atoms with Gasteiger partial charge in [0.1, 0.15) is 6.61 Å². The van der Waals surface area contributed by atoms with Crippen molar-refractivity contribution < 1.29 is 19.1 Å². The number of carbonyl (C=O) groups excluding carboxylic acids is 2. The summed E-state index contributed by atoms with van der Waals surface area (Å²) in [5.41, 5.74) is 2.21. The summed E-state index contributed by atoms with van der Waals surface area (Å²) in [6, 6.07) is 16.0. The zero-order valence-corrected chi connectivity index (χ0v) is 18.2. The Morgan fingerprint density at radius 1 is 1.16 bits per heavy atom. The van der Waals surface area contributed by atoms with Crippen LogP contribution in [0.1, 0.15) is 12.0 Å². The van der Waals surface area contributed by atoms with Gasteiger partial charge < -0.3 is 19.7 Å². The van der Waals surface area contributed by atoms with Crippen LogP contribution in [0.4, 0.5) is 11.4 Å². The van der Waals surface area contributed by atoms with E-state index in [-0.39, 0.29) is 18.2 Å². The maximum absolute atomic E-state index is 12.9. The summed E-state index contributed by atoms with van der Waals surface area (Å²) in [5.74, 6) is 0.256. The maximum atomic E-state index is 12.9. The number of benzene rings is 2. The summed E-state index contributed by atoms with van der Waals surface area (Å²) in [7, 11) is 1.56. The fourth-order valence-corrected chi connectivity index (χ4v) is 3.71. The van der Waals surface area contributed by atoms with Crippen molar-refractivity contribution >= 4 is 34.8 Å². The molecular formula is C24H22ClN3O4. The van der Waals surface area contributed by atoms with Gasteiger partial charge in [-0.25, -0.2) is 0 Å². The van der Waals surface area contributed by atoms with Crippen LogP contribution in [-0.4, -0.2) is 30.5 Å². The summed E-state index contributed by atoms with van der Waals surface area (Å²) in [6.07, 6.45) is 3.53. The van der Waals surface area contributed by atoms with Crippen LogP contribution in [0.2, 0.25) is 5.02 Å². The number of methoxy groups -OCH3 is 1. The molecular weight excluding hydrogens is 430 g/mol. The van der Waals surface area contributed by atoms with Crippen molar-refractivity contribution in [1.29, 1.82) is 0 Å². The topological polar surface area (TPSA) is 80.8 Å². The van der Waals surface area contributed by atoms with E-state index in [0.29, 0.717) is 41.0 Å². The summed E-state index contributed by atoms with van der Waals surface area (Å²) in [5, 5.41) is 3.43. The Balaban J connectivity index is 1.43. The van der Waals surface area contributed by atoms with Gasteiger partial charge >= 0.3 is 0 Å². The summed E-state index contributed by atoms with van der Waals surface area (Å²) in [6.45, 7) is 0.633. The second kappa shape index (κ2) is 9.70. The maximum Gasteiger partial charge on any atom is 0.229 e. The average molecular weight is 452 g/mol. The molecule has 0 radical (unpaired) electrons. The Morgan fingerprint density at radius 2 is 1.97 bits per heavy atom. The molecule has 1 fully saturated rings. The van der Waals surface area contributed by atoms with E-state index in [1.807, 2.05) is 12.1 Å². The number of carbonyl (C=O) groups is 2. The Bertz CT molecular complexity index is 1120. The minimum atomic E-state index is -0.468. The van der Waals surface area contributed by atoms with E-state index >= 15 is 0 Å². The highest BCUT2D eigenvalue weighted by molar-refractivity contribution is 6.31. The summed E-state index contributed by atoms with van der Waals surface area (Å²) in [4.78, 5) is 30.9. The van der Waals surface area contributed by atoms with Gasteiger partial charge in [-0.1, -0.05) is 17.7 Å². The predicted molar refractivity (Wildman–Crippen MR) is 122 cm³/mol. The molecule has 1 saturated heterocycles. The molecule has 1 aliphatic rings. The molecule has 0 bridgehead atoms. The molecule has 1 unspecified atom stereocenters. The van der Waals surface area contributed by atoms with Crippen molar-refractivity contribution in [2.24, 2.45) is 5.92 Å². The third-order valence-electron chi connectivity index (χ3n) is 5.19. The second-order valence-electron chi connectivity index (χ2n) is 7.38. The van der Waals surface area contributed by atoms with Crippen molar-refractivity contribution in [2.45, 2.75) is 13.0 Å².